The Labute approximate surface area is 97.2 Å². The third-order valence-corrected chi connectivity index (χ3v) is 2.37. The highest BCUT2D eigenvalue weighted by molar-refractivity contribution is 5.94. The highest BCUT2D eigenvalue weighted by Crippen LogP contribution is 2.18. The molecule has 0 aliphatic carbocycles. The van der Waals surface area contributed by atoms with Crippen LogP contribution in [0.25, 0.3) is 10.9 Å². The number of aromatic nitrogens is 1. The molecule has 0 saturated carbocycles. The van der Waals surface area contributed by atoms with Gasteiger partial charge in [0.2, 0.25) is 5.91 Å². The van der Waals surface area contributed by atoms with Crippen molar-refractivity contribution in [2.75, 3.05) is 5.73 Å². The number of primary amides is 1. The van der Waals surface area contributed by atoms with Crippen LogP contribution in [0.1, 0.15) is 0 Å². The summed E-state index contributed by atoms with van der Waals surface area (Å²) >= 11 is 0. The molecule has 0 radical (unpaired) electrons. The van der Waals surface area contributed by atoms with Crippen molar-refractivity contribution in [3.63, 3.8) is 0 Å². The summed E-state index contributed by atoms with van der Waals surface area (Å²) in [4.78, 5) is 21.9. The monoisotopic (exact) mass is 232 g/mol. The van der Waals surface area contributed by atoms with Gasteiger partial charge in [0, 0.05) is 22.8 Å². The molecule has 17 heavy (non-hydrogen) atoms. The predicted octanol–water partition coefficient (Wildman–Crippen LogP) is 0.418. The first-order valence-corrected chi connectivity index (χ1v) is 5.00. The molecule has 0 aliphatic rings. The minimum absolute atomic E-state index is 0.0381. The molecular weight excluding hydrogens is 220 g/mol. The molecule has 6 heteroatoms. The van der Waals surface area contributed by atoms with Gasteiger partial charge in [0.25, 0.3) is 0 Å². The lowest BCUT2D eigenvalue weighted by atomic mass is 10.2. The molecule has 0 unspecified atom stereocenters. The van der Waals surface area contributed by atoms with E-state index in [1.165, 1.54) is 0 Å². The van der Waals surface area contributed by atoms with E-state index < -0.39 is 11.9 Å². The highest BCUT2D eigenvalue weighted by atomic mass is 16.2. The van der Waals surface area contributed by atoms with Gasteiger partial charge in [0.05, 0.1) is 0 Å². The van der Waals surface area contributed by atoms with Gasteiger partial charge in [0.1, 0.15) is 6.54 Å². The topological polar surface area (TPSA) is 103 Å². The molecule has 1 heterocycles. The maximum absolute atomic E-state index is 11.4. The first-order valence-electron chi connectivity index (χ1n) is 5.00. The number of imide groups is 1. The Morgan fingerprint density at radius 3 is 2.76 bits per heavy atom. The van der Waals surface area contributed by atoms with Crippen LogP contribution in [0.15, 0.2) is 30.5 Å². The van der Waals surface area contributed by atoms with Crippen LogP contribution in [-0.2, 0) is 11.3 Å². The Hall–Kier alpha value is -2.50. The number of anilines is 1. The maximum atomic E-state index is 11.4. The van der Waals surface area contributed by atoms with Crippen molar-refractivity contribution in [1.82, 2.24) is 9.88 Å². The first kappa shape index (κ1) is 11.0. The summed E-state index contributed by atoms with van der Waals surface area (Å²) in [6.07, 6.45) is 1.75. The molecule has 5 N–H and O–H groups in total. The summed E-state index contributed by atoms with van der Waals surface area (Å²) in [5, 5.41) is 2.95. The van der Waals surface area contributed by atoms with E-state index in [0.29, 0.717) is 5.69 Å². The van der Waals surface area contributed by atoms with E-state index >= 15 is 0 Å². The lowest BCUT2D eigenvalue weighted by Crippen LogP contribution is -2.37. The van der Waals surface area contributed by atoms with E-state index in [1.807, 2.05) is 23.5 Å². The van der Waals surface area contributed by atoms with Gasteiger partial charge in [-0.1, -0.05) is 0 Å². The fraction of sp³-hybridized carbons (Fsp3) is 0.0909. The third kappa shape index (κ3) is 2.36. The van der Waals surface area contributed by atoms with Crippen molar-refractivity contribution < 1.29 is 9.59 Å². The number of nitrogens with two attached hydrogens (primary N) is 2. The lowest BCUT2D eigenvalue weighted by molar-refractivity contribution is -0.120. The van der Waals surface area contributed by atoms with Crippen molar-refractivity contribution >= 4 is 28.5 Å². The third-order valence-electron chi connectivity index (χ3n) is 2.37. The van der Waals surface area contributed by atoms with Gasteiger partial charge >= 0.3 is 6.03 Å². The van der Waals surface area contributed by atoms with E-state index in [0.717, 1.165) is 10.9 Å². The molecule has 0 atom stereocenters. The number of hydrogen-bond acceptors (Lipinski definition) is 3. The van der Waals surface area contributed by atoms with Crippen LogP contribution in [0.3, 0.4) is 0 Å². The second kappa shape index (κ2) is 4.17. The molecule has 1 aromatic heterocycles. The molecular formula is C11H12N4O2. The predicted molar refractivity (Wildman–Crippen MR) is 64.1 cm³/mol. The van der Waals surface area contributed by atoms with Gasteiger partial charge in [-0.05, 0) is 24.3 Å². The van der Waals surface area contributed by atoms with Crippen molar-refractivity contribution in [3.05, 3.63) is 30.5 Å². The van der Waals surface area contributed by atoms with Gasteiger partial charge in [-0.15, -0.1) is 0 Å². The van der Waals surface area contributed by atoms with E-state index in [1.54, 1.807) is 16.8 Å². The van der Waals surface area contributed by atoms with Crippen LogP contribution in [0, 0.1) is 0 Å². The number of rotatable bonds is 2. The summed E-state index contributed by atoms with van der Waals surface area (Å²) in [6.45, 7) is 0.0381. The number of amides is 3. The van der Waals surface area contributed by atoms with Gasteiger partial charge in [0.15, 0.2) is 0 Å². The van der Waals surface area contributed by atoms with Crippen molar-refractivity contribution in [3.8, 4) is 0 Å². The zero-order valence-electron chi connectivity index (χ0n) is 9.01. The Morgan fingerprint density at radius 1 is 1.29 bits per heavy atom. The molecule has 0 spiro atoms. The molecule has 3 amide bonds. The summed E-state index contributed by atoms with van der Waals surface area (Å²) in [6, 6.07) is 6.39. The molecule has 2 aromatic rings. The van der Waals surface area contributed by atoms with Crippen LogP contribution >= 0.6 is 0 Å². The normalized spacial score (nSPS) is 10.4. The fourth-order valence-electron chi connectivity index (χ4n) is 1.69. The summed E-state index contributed by atoms with van der Waals surface area (Å²) in [5.41, 5.74) is 12.0. The minimum Gasteiger partial charge on any atom is -0.399 e. The maximum Gasteiger partial charge on any atom is 0.318 e. The molecule has 0 fully saturated rings. The number of fused-ring (bicyclic) bond motifs is 1. The zero-order chi connectivity index (χ0) is 12.4. The molecule has 1 aromatic carbocycles. The zero-order valence-corrected chi connectivity index (χ0v) is 9.01. The van der Waals surface area contributed by atoms with Crippen LogP contribution in [0.5, 0.6) is 0 Å². The first-order chi connectivity index (χ1) is 8.06. The van der Waals surface area contributed by atoms with Gasteiger partial charge in [-0.3, -0.25) is 10.1 Å². The Balaban J connectivity index is 2.25. The number of benzene rings is 1. The number of nitrogens with zero attached hydrogens (tertiary/aromatic N) is 1. The number of carbonyl (C=O) groups excluding carboxylic acids is 2. The molecule has 0 bridgehead atoms. The van der Waals surface area contributed by atoms with Crippen LogP contribution in [-0.4, -0.2) is 16.5 Å². The largest absolute Gasteiger partial charge is 0.399 e. The van der Waals surface area contributed by atoms with Gasteiger partial charge in [-0.2, -0.15) is 0 Å². The summed E-state index contributed by atoms with van der Waals surface area (Å²) < 4.78 is 1.72. The average molecular weight is 232 g/mol. The molecule has 6 nitrogen and oxygen atoms in total. The van der Waals surface area contributed by atoms with Crippen molar-refractivity contribution in [2.24, 2.45) is 5.73 Å². The van der Waals surface area contributed by atoms with E-state index in [2.05, 4.69) is 0 Å². The molecule has 0 saturated heterocycles. The summed E-state index contributed by atoms with van der Waals surface area (Å²) in [5.74, 6) is -0.452. The van der Waals surface area contributed by atoms with Gasteiger partial charge < -0.3 is 16.0 Å². The van der Waals surface area contributed by atoms with Crippen LogP contribution in [0.4, 0.5) is 10.5 Å². The smallest absolute Gasteiger partial charge is 0.318 e. The fourth-order valence-corrected chi connectivity index (χ4v) is 1.69. The van der Waals surface area contributed by atoms with Crippen LogP contribution < -0.4 is 16.8 Å². The molecule has 0 aliphatic heterocycles. The van der Waals surface area contributed by atoms with Crippen LogP contribution in [0.2, 0.25) is 0 Å². The second-order valence-corrected chi connectivity index (χ2v) is 3.67. The van der Waals surface area contributed by atoms with Crippen molar-refractivity contribution in [2.45, 2.75) is 6.54 Å². The number of hydrogen-bond donors (Lipinski definition) is 3. The molecule has 2 rings (SSSR count). The Morgan fingerprint density at radius 2 is 2.06 bits per heavy atom. The minimum atomic E-state index is -0.851. The quantitative estimate of drug-likeness (QED) is 0.653. The molecule has 88 valence electrons. The Kier molecular flexibility index (Phi) is 2.70. The average Bonchev–Trinajstić information content (AvgIpc) is 2.59. The number of nitrogens with one attached hydrogen (secondary N) is 1. The van der Waals surface area contributed by atoms with E-state index in [4.69, 9.17) is 11.5 Å². The number of nitrogen functional groups attached to an aromatic ring is 1. The Bertz CT molecular complexity index is 588. The van der Waals surface area contributed by atoms with E-state index in [-0.39, 0.29) is 6.54 Å². The number of carbonyl (C=O) groups is 2. The standard InChI is InChI=1S/C11H12N4O2/c12-8-1-2-9-7(5-8)3-4-15(9)6-10(16)14-11(13)17/h1-5H,6,12H2,(H3,13,14,16,17). The SMILES string of the molecule is NC(=O)NC(=O)Cn1ccc2cc(N)ccc21. The highest BCUT2D eigenvalue weighted by Gasteiger charge is 2.07. The number of urea groups is 1. The second-order valence-electron chi connectivity index (χ2n) is 3.67. The van der Waals surface area contributed by atoms with Gasteiger partial charge in [-0.25, -0.2) is 4.79 Å². The van der Waals surface area contributed by atoms with E-state index in [9.17, 15) is 9.59 Å². The lowest BCUT2D eigenvalue weighted by Gasteiger charge is -2.04. The van der Waals surface area contributed by atoms with Crippen molar-refractivity contribution in [1.29, 1.82) is 0 Å². The summed E-state index contributed by atoms with van der Waals surface area (Å²) in [7, 11) is 0.